The van der Waals surface area contributed by atoms with E-state index in [1.54, 1.807) is 0 Å². The van der Waals surface area contributed by atoms with Gasteiger partial charge >= 0.3 is 0 Å². The molecule has 0 atom stereocenters. The number of rotatable bonds is 0. The summed E-state index contributed by atoms with van der Waals surface area (Å²) in [6.07, 6.45) is 3.68. The predicted octanol–water partition coefficient (Wildman–Crippen LogP) is 43.9. The van der Waals surface area contributed by atoms with Crippen LogP contribution in [0.4, 0.5) is 0 Å². The zero-order valence-corrected chi connectivity index (χ0v) is 52.4. The molecule has 3 aromatic heterocycles. The molecule has 0 bridgehead atoms. The summed E-state index contributed by atoms with van der Waals surface area (Å²) in [6.45, 7) is 1.50. The van der Waals surface area contributed by atoms with Gasteiger partial charge in [-0.15, -0.1) is 0 Å². The average Bonchev–Trinajstić information content (AvgIpc) is 0.757. The number of nitrogens with zero attached hydrogens (tertiary/aromatic N) is 3. The van der Waals surface area contributed by atoms with Gasteiger partial charge in [-0.25, -0.2) is 0 Å². The molecule has 0 spiro atoms. The Balaban J connectivity index is -0.0000000263. The molecule has 3 heteroatoms. The number of aryl methyl sites for hydroxylation is 5. The first-order valence-corrected chi connectivity index (χ1v) is 32.1. The molecular formula is C92H217N3. The van der Waals surface area contributed by atoms with Crippen LogP contribution in [0.5, 0.6) is 0 Å². The van der Waals surface area contributed by atoms with Crippen molar-refractivity contribution in [3.05, 3.63) is 344 Å². The maximum absolute atomic E-state index is 7.59. The Hall–Kier alpha value is -11.9. The molecule has 17 aromatic carbocycles. The number of benzene rings is 17. The lowest BCUT2D eigenvalue weighted by Crippen LogP contribution is -1.87. The van der Waals surface area contributed by atoms with Crippen molar-refractivity contribution in [1.29, 1.82) is 0 Å². The number of pyridine rings is 3. The Kier molecular flexibility index (Phi) is 4.57. The fourth-order valence-electron chi connectivity index (χ4n) is 14.3. The van der Waals surface area contributed by atoms with Gasteiger partial charge in [0.05, 0.1) is 16.6 Å². The summed E-state index contributed by atoms with van der Waals surface area (Å²) in [5.41, 5.74) is 8.11. The number of aromatic nitrogens is 3. The third-order valence-corrected chi connectivity index (χ3v) is 18.6. The van der Waals surface area contributed by atoms with Crippen molar-refractivity contribution in [3.63, 3.8) is 0 Å². The standard InChI is InChI=1S/2C19H14.3C18H13N.75H2/c2*1-13-10-11-18-16-8-3-2-6-14(16)15-7-4-5-9-17(15)19(18)12-13;1-12-10-11-17-15-8-3-2-6-13(15)14-7-4-5-9-16(14)18(17)19-12;1-12-8-9-14-13-5-2-3-6-15(13)18-16(17(14)11-12)7-4-10-19-18;1-12-8-9-16-17(11-12)14-6-3-2-5-13(14)15-7-4-10-19-18(15)16;;;;;;;;;;;;;;;;;;;;;;;;;;;;;;;;;;;;;;;;;;;;;;;;;;;;;;;;;;;;;;;;;;;;;;;;;;;/h2*2-12H,1H3;3*2-11H,1H3;75*1H/i5*1D;75*1+1D. The molecule has 0 saturated carbocycles. The minimum atomic E-state index is 0.219. The van der Waals surface area contributed by atoms with Crippen LogP contribution in [0.1, 0.15) is 258 Å². The van der Waals surface area contributed by atoms with Gasteiger partial charge in [-0.1, -0.05) is 307 Å². The summed E-state index contributed by atoms with van der Waals surface area (Å²) >= 11 is 0. The largest absolute Gasteiger partial charge is 0.256 e. The number of fused-ring (bicyclic) bond motifs is 30. The predicted molar refractivity (Wildman–Crippen MR) is 570 cm³/mol. The molecule has 0 unspecified atom stereocenters. The highest BCUT2D eigenvalue weighted by Gasteiger charge is 2.14. The van der Waals surface area contributed by atoms with E-state index in [0.717, 1.165) is 66.0 Å². The van der Waals surface area contributed by atoms with E-state index in [9.17, 15) is 0 Å². The molecule has 0 aliphatic carbocycles. The van der Waals surface area contributed by atoms with Gasteiger partial charge in [0, 0.05) is 280 Å². The Morgan fingerprint density at radius 1 is 0.200 bits per heavy atom. The first-order chi connectivity index (χ1) is 124. The second-order valence-corrected chi connectivity index (χ2v) is 24.4. The van der Waals surface area contributed by atoms with Gasteiger partial charge in [-0.2, -0.15) is 0 Å². The molecule has 20 rings (SSSR count). The Morgan fingerprint density at radius 2 is 0.400 bits per heavy atom. The lowest BCUT2D eigenvalue weighted by atomic mass is 9.93. The van der Waals surface area contributed by atoms with Crippen LogP contribution in [0.3, 0.4) is 0 Å². The second kappa shape index (κ2) is 24.6. The molecule has 0 saturated heterocycles. The van der Waals surface area contributed by atoms with E-state index in [-0.39, 0.29) is 6.90 Å². The maximum atomic E-state index is 7.59. The smallest absolute Gasteiger partial charge is 0.0789 e. The van der Waals surface area contributed by atoms with Gasteiger partial charge in [0.2, 0.25) is 0 Å². The minimum Gasteiger partial charge on any atom is -0.256 e. The number of hydrogen-bond donors (Lipinski definition) is 0. The van der Waals surface area contributed by atoms with Crippen molar-refractivity contribution < 1.29 is 230 Å². The zero-order valence-electron chi connectivity index (χ0n) is 207. The fourth-order valence-corrected chi connectivity index (χ4v) is 14.3. The van der Waals surface area contributed by atoms with Gasteiger partial charge in [-0.05, 0) is 166 Å². The third kappa shape index (κ3) is 10.6. The molecule has 0 amide bonds. The maximum Gasteiger partial charge on any atom is 0.0789 e. The summed E-state index contributed by atoms with van der Waals surface area (Å²) in [5, 5.41) is 33.4. The van der Waals surface area contributed by atoms with E-state index >= 15 is 0 Å². The Morgan fingerprint density at radius 3 is 0.705 bits per heavy atom. The number of hydrogen-bond acceptors (Lipinski definition) is 3. The Bertz CT molecular complexity index is 5670. The molecule has 600 valence electrons. The van der Waals surface area contributed by atoms with Crippen molar-refractivity contribution in [1.82, 2.24) is 15.0 Å². The molecule has 0 aliphatic rings. The highest BCUT2D eigenvalue weighted by Crippen LogP contribution is 2.40. The van der Waals surface area contributed by atoms with E-state index < -0.39 is 0 Å². The van der Waals surface area contributed by atoms with E-state index in [2.05, 4.69) is 282 Å². The van der Waals surface area contributed by atoms with Crippen LogP contribution in [0.15, 0.2) is 316 Å². The molecule has 3 nitrogen and oxygen atoms in total. The quantitative estimate of drug-likeness (QED) is 0.142. The summed E-state index contributed by atoms with van der Waals surface area (Å²) in [5.74, 6) is 0. The van der Waals surface area contributed by atoms with E-state index in [4.69, 9.17) is 230 Å². The first kappa shape index (κ1) is 17.7. The normalized spacial score (nSPS) is 18.4. The van der Waals surface area contributed by atoms with E-state index in [1.807, 2.05) is 48.8 Å². The van der Waals surface area contributed by atoms with Crippen LogP contribution < -0.4 is 0 Å². The summed E-state index contributed by atoms with van der Waals surface area (Å²) in [4.78, 5) is 13.8. The molecule has 95 heavy (non-hydrogen) atoms. The van der Waals surface area contributed by atoms with Crippen molar-refractivity contribution in [2.45, 2.75) is 34.5 Å². The topological polar surface area (TPSA) is 38.7 Å². The van der Waals surface area contributed by atoms with Gasteiger partial charge in [0.25, 0.3) is 0 Å². The van der Waals surface area contributed by atoms with Crippen molar-refractivity contribution in [2.75, 3.05) is 0 Å². The molecule has 3 heterocycles. The van der Waals surface area contributed by atoms with E-state index in [0.29, 0.717) is 27.6 Å². The monoisotopic (exact) mass is 1520 g/mol. The lowest BCUT2D eigenvalue weighted by Gasteiger charge is -2.10. The average molecular weight is 1520 g/mol. The Labute approximate surface area is 790 Å². The summed E-state index contributed by atoms with van der Waals surface area (Å²) in [7, 11) is 0. The van der Waals surface area contributed by atoms with Crippen molar-refractivity contribution >= 4 is 162 Å². The van der Waals surface area contributed by atoms with Gasteiger partial charge < -0.3 is 0 Å². The van der Waals surface area contributed by atoms with Gasteiger partial charge in [0.15, 0.2) is 0 Å². The molecule has 0 fully saturated rings. The lowest BCUT2D eigenvalue weighted by molar-refractivity contribution is 1.26. The molecule has 0 radical (unpaired) electrons. The van der Waals surface area contributed by atoms with Crippen molar-refractivity contribution in [2.24, 2.45) is 0 Å². The molecule has 20 aromatic rings. The first-order valence-electron chi connectivity index (χ1n) is 111. The third-order valence-electron chi connectivity index (χ3n) is 18.6. The van der Waals surface area contributed by atoms with Crippen LogP contribution in [0.2, 0.25) is 0 Å². The SMILES string of the molecule is [2H]Cc1ccc2c(c1)c1ccccc1c1cccnc12.[2H]Cc1ccc2c3ccccc3c3ccccc3c2c1.[2H]Cc1ccc2c3ccccc3c3ccccc3c2c1.[2H]Cc1ccc2c3ccccc3c3ccccc3c2n1.[2H]Cc1ccc2c3ccccc3c3ncccc3c2c1.[2H][2H].[2H][2H].[2H][2H].[2H][2H].[2H][2H].[2H][2H].[2H][2H].[2H][2H].[2H][2H].[2H][2H].[2H][2H].[2H][2H].[2H][2H].[2H][2H].[2H][2H].[2H][2H].[2H][2H].[2H][2H].[2H][2H].[2H][2H].[2H][2H].[2H][2H].[2H][2H].[2H][2H].[2H][2H].[2H][2H].[2H][2H].[2H][2H].[2H][2H].[2H][2H].[2H][2H].[2H][2H].[2H][2H].[2H][2H].[2H][2H].[2H][2H].[2H][2H].[2H][2H].[2H][2H].[2H][2H].[2H][2H].[2H][2H].[2H][2H].[2H][2H].[2H][2H].[2H][2H].[2H][2H].[2H][2H].[2H][2H].[2H][2H].[2H][2H].[2H][2H].[2H][2H].[2H][2H].[2H][2H].[2H][2H].[2H][2H].[2H][2H].[2H][2H].[2H][2H].[2H][2H].[2H][2H].[2H][2H].[2H][2H].[2H][2H].[2H][2H].[2H][2H].[2H][2H].[2H][2H].[2H][2H].[2H][2H].[2H][2H].[2H][2H].[2H][2H].[2H][2H]. The van der Waals surface area contributed by atoms with E-state index in [1.165, 1.54) is 124 Å². The van der Waals surface area contributed by atoms with Crippen molar-refractivity contribution in [3.8, 4) is 0 Å². The highest BCUT2D eigenvalue weighted by atomic mass is 14.7. The summed E-state index contributed by atoms with van der Waals surface area (Å²) < 4.78 is 788. The summed E-state index contributed by atoms with van der Waals surface area (Å²) in [6, 6.07) is 105. The van der Waals surface area contributed by atoms with Crippen LogP contribution >= 0.6 is 0 Å². The van der Waals surface area contributed by atoms with Crippen LogP contribution in [0, 0.1) is 34.5 Å². The fraction of sp³-hybridized carbons (Fsp3) is 0.0543. The second-order valence-electron chi connectivity index (χ2n) is 24.4. The van der Waals surface area contributed by atoms with Crippen LogP contribution in [-0.4, -0.2) is 15.0 Å². The molecular weight excluding hydrogens is 1150 g/mol. The van der Waals surface area contributed by atoms with Crippen LogP contribution in [-0.2, 0) is 0 Å². The molecule has 0 N–H and O–H groups in total. The van der Waals surface area contributed by atoms with Crippen LogP contribution in [0.25, 0.3) is 162 Å². The molecule has 0 aliphatic heterocycles. The zero-order chi connectivity index (χ0) is 218. The van der Waals surface area contributed by atoms with Gasteiger partial charge in [-0.3, -0.25) is 15.0 Å². The minimum absolute atomic E-state index is 0.219. The van der Waals surface area contributed by atoms with Gasteiger partial charge in [0.1, 0.15) is 0 Å². The highest BCUT2D eigenvalue weighted by molar-refractivity contribution is 6.29.